The maximum Gasteiger partial charge on any atom is 0.338 e. The van der Waals surface area contributed by atoms with Crippen LogP contribution in [0.5, 0.6) is 5.75 Å². The van der Waals surface area contributed by atoms with Gasteiger partial charge in [-0.25, -0.2) is 4.79 Å². The summed E-state index contributed by atoms with van der Waals surface area (Å²) in [5, 5.41) is 3.90. The lowest BCUT2D eigenvalue weighted by molar-refractivity contribution is 0.0429. The molecule has 1 atom stereocenters. The zero-order valence-corrected chi connectivity index (χ0v) is 15.2. The number of hydrogen-bond donors (Lipinski definition) is 0. The predicted molar refractivity (Wildman–Crippen MR) is 99.8 cm³/mol. The van der Waals surface area contributed by atoms with Crippen LogP contribution in [0.2, 0.25) is 0 Å². The zero-order valence-electron chi connectivity index (χ0n) is 15.2. The summed E-state index contributed by atoms with van der Waals surface area (Å²) >= 11 is 0. The van der Waals surface area contributed by atoms with Crippen molar-refractivity contribution in [2.75, 3.05) is 13.2 Å². The Morgan fingerprint density at radius 2 is 1.93 bits per heavy atom. The molecule has 1 fully saturated rings. The normalized spacial score (nSPS) is 16.1. The number of hydrogen-bond acceptors (Lipinski definition) is 7. The highest BCUT2D eigenvalue weighted by Crippen LogP contribution is 2.18. The number of nitrogens with zero attached hydrogens (tertiary/aromatic N) is 2. The van der Waals surface area contributed by atoms with E-state index in [0.717, 1.165) is 25.0 Å². The number of benzene rings is 2. The third-order valence-electron chi connectivity index (χ3n) is 4.38. The van der Waals surface area contributed by atoms with Gasteiger partial charge in [0.2, 0.25) is 5.82 Å². The van der Waals surface area contributed by atoms with E-state index >= 15 is 0 Å². The first-order valence-electron chi connectivity index (χ1n) is 9.17. The second-order valence-corrected chi connectivity index (χ2v) is 6.42. The van der Waals surface area contributed by atoms with Gasteiger partial charge < -0.3 is 18.7 Å². The van der Waals surface area contributed by atoms with Gasteiger partial charge in [0.15, 0.2) is 6.61 Å². The minimum Gasteiger partial charge on any atom is -0.491 e. The summed E-state index contributed by atoms with van der Waals surface area (Å²) < 4.78 is 21.6. The molecule has 1 aromatic heterocycles. The molecule has 1 saturated heterocycles. The fraction of sp³-hybridized carbons (Fsp3) is 0.286. The molecule has 0 aliphatic carbocycles. The first-order valence-corrected chi connectivity index (χ1v) is 9.17. The molecule has 0 spiro atoms. The number of rotatable bonds is 7. The van der Waals surface area contributed by atoms with Crippen LogP contribution in [-0.2, 0) is 16.1 Å². The Kier molecular flexibility index (Phi) is 5.63. The Bertz CT molecular complexity index is 902. The maximum absolute atomic E-state index is 12.2. The Hall–Kier alpha value is -3.19. The lowest BCUT2D eigenvalue weighted by atomic mass is 10.2. The van der Waals surface area contributed by atoms with Crippen molar-refractivity contribution in [2.45, 2.75) is 25.6 Å². The van der Waals surface area contributed by atoms with E-state index in [1.807, 2.05) is 30.3 Å². The molecule has 0 unspecified atom stereocenters. The first-order chi connectivity index (χ1) is 13.8. The van der Waals surface area contributed by atoms with Gasteiger partial charge in [0.05, 0.1) is 11.7 Å². The van der Waals surface area contributed by atoms with Gasteiger partial charge in [-0.2, -0.15) is 4.98 Å². The van der Waals surface area contributed by atoms with Crippen LogP contribution in [0.15, 0.2) is 59.1 Å². The van der Waals surface area contributed by atoms with Crippen molar-refractivity contribution in [2.24, 2.45) is 0 Å². The molecule has 1 aliphatic rings. The average molecular weight is 380 g/mol. The van der Waals surface area contributed by atoms with E-state index in [9.17, 15) is 4.79 Å². The van der Waals surface area contributed by atoms with Crippen molar-refractivity contribution in [3.05, 3.63) is 66.1 Å². The van der Waals surface area contributed by atoms with Gasteiger partial charge in [-0.15, -0.1) is 0 Å². The molecule has 4 rings (SSSR count). The molecule has 0 N–H and O–H groups in total. The molecule has 0 radical (unpaired) electrons. The van der Waals surface area contributed by atoms with E-state index < -0.39 is 5.97 Å². The van der Waals surface area contributed by atoms with E-state index in [0.29, 0.717) is 23.7 Å². The van der Waals surface area contributed by atoms with Gasteiger partial charge in [0.25, 0.3) is 5.89 Å². The number of carbonyl (C=O) groups is 1. The highest BCUT2D eigenvalue weighted by molar-refractivity contribution is 5.89. The number of ether oxygens (including phenoxy) is 3. The standard InChI is InChI=1S/C21H20N2O5/c24-21(16-8-10-17(11-9-16)26-13-18-7-4-12-25-18)27-14-19-22-20(23-28-19)15-5-2-1-3-6-15/h1-3,5-6,8-11,18H,4,7,12-14H2/t18-/m0/s1. The Morgan fingerprint density at radius 1 is 1.11 bits per heavy atom. The highest BCUT2D eigenvalue weighted by Gasteiger charge is 2.16. The molecular formula is C21H20N2O5. The molecule has 3 aromatic rings. The predicted octanol–water partition coefficient (Wildman–Crippen LogP) is 3.65. The third-order valence-corrected chi connectivity index (χ3v) is 4.38. The maximum atomic E-state index is 12.2. The van der Waals surface area contributed by atoms with E-state index in [2.05, 4.69) is 10.1 Å². The van der Waals surface area contributed by atoms with Crippen molar-refractivity contribution in [1.82, 2.24) is 10.1 Å². The van der Waals surface area contributed by atoms with Crippen LogP contribution < -0.4 is 4.74 Å². The summed E-state index contributed by atoms with van der Waals surface area (Å²) in [6, 6.07) is 16.3. The second kappa shape index (κ2) is 8.67. The van der Waals surface area contributed by atoms with Crippen LogP contribution in [0.25, 0.3) is 11.4 Å². The Balaban J connectivity index is 1.28. The van der Waals surface area contributed by atoms with Crippen LogP contribution in [0, 0.1) is 0 Å². The summed E-state index contributed by atoms with van der Waals surface area (Å²) in [5.74, 6) is 0.921. The molecule has 0 amide bonds. The lowest BCUT2D eigenvalue weighted by Crippen LogP contribution is -2.16. The minimum atomic E-state index is -0.467. The fourth-order valence-corrected chi connectivity index (χ4v) is 2.88. The molecule has 7 nitrogen and oxygen atoms in total. The van der Waals surface area contributed by atoms with Gasteiger partial charge in [-0.05, 0) is 37.1 Å². The van der Waals surface area contributed by atoms with Crippen LogP contribution in [0.4, 0.5) is 0 Å². The summed E-state index contributed by atoms with van der Waals surface area (Å²) in [5.41, 5.74) is 1.26. The molecule has 144 valence electrons. The van der Waals surface area contributed by atoms with Crippen molar-refractivity contribution in [3.8, 4) is 17.1 Å². The number of aromatic nitrogens is 2. The molecule has 0 bridgehead atoms. The van der Waals surface area contributed by atoms with Crippen molar-refractivity contribution < 1.29 is 23.5 Å². The molecular weight excluding hydrogens is 360 g/mol. The Labute approximate surface area is 162 Å². The van der Waals surface area contributed by atoms with Crippen LogP contribution in [0.1, 0.15) is 29.1 Å². The zero-order chi connectivity index (χ0) is 19.2. The highest BCUT2D eigenvalue weighted by atomic mass is 16.6. The average Bonchev–Trinajstić information content (AvgIpc) is 3.44. The summed E-state index contributed by atoms with van der Waals surface area (Å²) in [4.78, 5) is 16.4. The molecule has 2 heterocycles. The lowest BCUT2D eigenvalue weighted by Gasteiger charge is -2.11. The topological polar surface area (TPSA) is 83.7 Å². The van der Waals surface area contributed by atoms with E-state index in [1.54, 1.807) is 24.3 Å². The SMILES string of the molecule is O=C(OCc1nc(-c2ccccc2)no1)c1ccc(OC[C@@H]2CCCO2)cc1. The monoisotopic (exact) mass is 380 g/mol. The van der Waals surface area contributed by atoms with Crippen LogP contribution in [0.3, 0.4) is 0 Å². The van der Waals surface area contributed by atoms with Gasteiger partial charge >= 0.3 is 5.97 Å². The van der Waals surface area contributed by atoms with Crippen LogP contribution in [-0.4, -0.2) is 35.4 Å². The summed E-state index contributed by atoms with van der Waals surface area (Å²) in [6.07, 6.45) is 2.25. The molecule has 28 heavy (non-hydrogen) atoms. The number of carbonyl (C=O) groups excluding carboxylic acids is 1. The Morgan fingerprint density at radius 3 is 2.68 bits per heavy atom. The van der Waals surface area contributed by atoms with Gasteiger partial charge in [-0.1, -0.05) is 35.5 Å². The molecule has 2 aromatic carbocycles. The third kappa shape index (κ3) is 4.55. The van der Waals surface area contributed by atoms with Crippen LogP contribution >= 0.6 is 0 Å². The quantitative estimate of drug-likeness (QED) is 0.579. The van der Waals surface area contributed by atoms with Gasteiger partial charge in [-0.3, -0.25) is 0 Å². The first kappa shape index (κ1) is 18.2. The van der Waals surface area contributed by atoms with E-state index in [-0.39, 0.29) is 18.6 Å². The van der Waals surface area contributed by atoms with Gasteiger partial charge in [0, 0.05) is 12.2 Å². The largest absolute Gasteiger partial charge is 0.491 e. The van der Waals surface area contributed by atoms with E-state index in [4.69, 9.17) is 18.7 Å². The van der Waals surface area contributed by atoms with Crippen molar-refractivity contribution in [3.63, 3.8) is 0 Å². The number of esters is 1. The van der Waals surface area contributed by atoms with Gasteiger partial charge in [0.1, 0.15) is 12.4 Å². The second-order valence-electron chi connectivity index (χ2n) is 6.42. The smallest absolute Gasteiger partial charge is 0.338 e. The molecule has 7 heteroatoms. The van der Waals surface area contributed by atoms with Crippen molar-refractivity contribution in [1.29, 1.82) is 0 Å². The molecule has 1 aliphatic heterocycles. The minimum absolute atomic E-state index is 0.0874. The molecule has 0 saturated carbocycles. The summed E-state index contributed by atoms with van der Waals surface area (Å²) in [6.45, 7) is 1.23. The fourth-order valence-electron chi connectivity index (χ4n) is 2.88. The van der Waals surface area contributed by atoms with E-state index in [1.165, 1.54) is 0 Å². The van der Waals surface area contributed by atoms with Crippen molar-refractivity contribution >= 4 is 5.97 Å². The summed E-state index contributed by atoms with van der Waals surface area (Å²) in [7, 11) is 0.